The van der Waals surface area contributed by atoms with E-state index in [0.717, 1.165) is 50.0 Å². The van der Waals surface area contributed by atoms with Crippen molar-refractivity contribution in [3.05, 3.63) is 29.8 Å². The Morgan fingerprint density at radius 1 is 1.35 bits per heavy atom. The molecule has 7 heteroatoms. The van der Waals surface area contributed by atoms with E-state index in [1.807, 2.05) is 25.1 Å². The summed E-state index contributed by atoms with van der Waals surface area (Å²) in [5.41, 5.74) is 2.06. The maximum Gasteiger partial charge on any atom is 0.225 e. The van der Waals surface area contributed by atoms with Gasteiger partial charge in [0.15, 0.2) is 5.96 Å². The summed E-state index contributed by atoms with van der Waals surface area (Å²) >= 11 is 0. The summed E-state index contributed by atoms with van der Waals surface area (Å²) in [5.74, 6) is 0.956. The molecule has 0 fully saturated rings. The number of carbonyl (C=O) groups excluding carboxylic acids is 1. The van der Waals surface area contributed by atoms with E-state index in [0.29, 0.717) is 13.0 Å². The largest absolute Gasteiger partial charge is 0.383 e. The van der Waals surface area contributed by atoms with Crippen LogP contribution in [0.4, 0.5) is 5.69 Å². The zero-order valence-corrected chi connectivity index (χ0v) is 16.0. The van der Waals surface area contributed by atoms with E-state index in [1.165, 1.54) is 0 Å². The Balaban J connectivity index is 1.91. The number of likely N-dealkylation sites (N-methyl/N-ethyl adjacent to an activating group) is 1. The standard InChI is InChI=1S/C19H31N5O2/c1-4-20-19(21-9-10-24(2)11-12-26-3)22-14-15-13-18(25)23-17-8-6-5-7-16(15)17/h5-8,15H,4,9-14H2,1-3H3,(H,23,25)(H2,20,21,22). The molecule has 26 heavy (non-hydrogen) atoms. The predicted molar refractivity (Wildman–Crippen MR) is 106 cm³/mol. The molecule has 0 aliphatic carbocycles. The average molecular weight is 361 g/mol. The Kier molecular flexibility index (Phi) is 8.37. The van der Waals surface area contributed by atoms with Gasteiger partial charge in [-0.2, -0.15) is 0 Å². The number of rotatable bonds is 9. The second kappa shape index (κ2) is 10.8. The third-order valence-corrected chi connectivity index (χ3v) is 4.38. The molecule has 1 aliphatic rings. The zero-order chi connectivity index (χ0) is 18.8. The van der Waals surface area contributed by atoms with E-state index in [-0.39, 0.29) is 11.8 Å². The van der Waals surface area contributed by atoms with Crippen LogP contribution in [0.3, 0.4) is 0 Å². The molecule has 1 atom stereocenters. The highest BCUT2D eigenvalue weighted by Gasteiger charge is 2.24. The summed E-state index contributed by atoms with van der Waals surface area (Å²) < 4.78 is 5.09. The van der Waals surface area contributed by atoms with Gasteiger partial charge in [-0.1, -0.05) is 18.2 Å². The first-order valence-electron chi connectivity index (χ1n) is 9.22. The van der Waals surface area contributed by atoms with Crippen molar-refractivity contribution in [3.63, 3.8) is 0 Å². The molecule has 0 saturated carbocycles. The first kappa shape index (κ1) is 20.2. The van der Waals surface area contributed by atoms with E-state index in [9.17, 15) is 4.79 Å². The molecule has 1 aromatic rings. The van der Waals surface area contributed by atoms with Crippen molar-refractivity contribution < 1.29 is 9.53 Å². The van der Waals surface area contributed by atoms with Crippen LogP contribution in [0.2, 0.25) is 0 Å². The van der Waals surface area contributed by atoms with Crippen molar-refractivity contribution in [2.45, 2.75) is 19.3 Å². The third-order valence-electron chi connectivity index (χ3n) is 4.38. The van der Waals surface area contributed by atoms with Crippen LogP contribution in [0.1, 0.15) is 24.8 Å². The lowest BCUT2D eigenvalue weighted by atomic mass is 9.91. The summed E-state index contributed by atoms with van der Waals surface area (Å²) in [7, 11) is 3.79. The summed E-state index contributed by atoms with van der Waals surface area (Å²) in [5, 5.41) is 9.56. The Bertz CT molecular complexity index is 605. The predicted octanol–water partition coefficient (Wildman–Crippen LogP) is 1.25. The van der Waals surface area contributed by atoms with Crippen molar-refractivity contribution >= 4 is 17.6 Å². The molecule has 0 aromatic heterocycles. The number of amides is 1. The van der Waals surface area contributed by atoms with Crippen molar-refractivity contribution in [3.8, 4) is 0 Å². The van der Waals surface area contributed by atoms with Crippen LogP contribution in [-0.4, -0.2) is 70.3 Å². The van der Waals surface area contributed by atoms with E-state index in [4.69, 9.17) is 9.73 Å². The fraction of sp³-hybridized carbons (Fsp3) is 0.579. The van der Waals surface area contributed by atoms with Crippen LogP contribution < -0.4 is 16.0 Å². The van der Waals surface area contributed by atoms with E-state index >= 15 is 0 Å². The van der Waals surface area contributed by atoms with Crippen molar-refractivity contribution in [2.24, 2.45) is 4.99 Å². The Hall–Kier alpha value is -2.12. The minimum atomic E-state index is 0.0571. The lowest BCUT2D eigenvalue weighted by Gasteiger charge is -2.24. The highest BCUT2D eigenvalue weighted by molar-refractivity contribution is 5.94. The number of benzene rings is 1. The average Bonchev–Trinajstić information content (AvgIpc) is 2.64. The van der Waals surface area contributed by atoms with Crippen molar-refractivity contribution in [1.82, 2.24) is 15.5 Å². The summed E-state index contributed by atoms with van der Waals surface area (Å²) in [6, 6.07) is 7.96. The van der Waals surface area contributed by atoms with Gasteiger partial charge < -0.3 is 25.6 Å². The van der Waals surface area contributed by atoms with E-state index in [1.54, 1.807) is 7.11 Å². The maximum atomic E-state index is 11.9. The van der Waals surface area contributed by atoms with Gasteiger partial charge in [0.25, 0.3) is 0 Å². The summed E-state index contributed by atoms with van der Waals surface area (Å²) in [4.78, 5) is 18.8. The zero-order valence-electron chi connectivity index (χ0n) is 16.0. The number of aliphatic imine (C=N–C) groups is 1. The van der Waals surface area contributed by atoms with Crippen LogP contribution in [-0.2, 0) is 9.53 Å². The van der Waals surface area contributed by atoms with Gasteiger partial charge in [-0.15, -0.1) is 0 Å². The maximum absolute atomic E-state index is 11.9. The van der Waals surface area contributed by atoms with Crippen LogP contribution in [0.5, 0.6) is 0 Å². The first-order chi connectivity index (χ1) is 12.6. The molecular formula is C19H31N5O2. The number of guanidine groups is 1. The fourth-order valence-corrected chi connectivity index (χ4v) is 2.93. The molecule has 1 unspecified atom stereocenters. The van der Waals surface area contributed by atoms with Gasteiger partial charge in [-0.25, -0.2) is 0 Å². The van der Waals surface area contributed by atoms with Gasteiger partial charge in [0.2, 0.25) is 5.91 Å². The second-order valence-corrected chi connectivity index (χ2v) is 6.48. The number of para-hydroxylation sites is 1. The molecule has 1 heterocycles. The SMILES string of the molecule is CCNC(=NCC1CC(=O)Nc2ccccc21)NCCN(C)CCOC. The van der Waals surface area contributed by atoms with Crippen LogP contribution in [0.15, 0.2) is 29.3 Å². The smallest absolute Gasteiger partial charge is 0.225 e. The molecule has 144 valence electrons. The summed E-state index contributed by atoms with van der Waals surface area (Å²) in [6.07, 6.45) is 0.472. The molecule has 0 bridgehead atoms. The Morgan fingerprint density at radius 2 is 2.15 bits per heavy atom. The highest BCUT2D eigenvalue weighted by atomic mass is 16.5. The van der Waals surface area contributed by atoms with Gasteiger partial charge >= 0.3 is 0 Å². The molecule has 7 nitrogen and oxygen atoms in total. The number of nitrogens with zero attached hydrogens (tertiary/aromatic N) is 2. The van der Waals surface area contributed by atoms with Gasteiger partial charge in [-0.3, -0.25) is 9.79 Å². The molecule has 2 rings (SSSR count). The number of hydrogen-bond acceptors (Lipinski definition) is 4. The monoisotopic (exact) mass is 361 g/mol. The molecule has 1 aromatic carbocycles. The Morgan fingerprint density at radius 3 is 2.92 bits per heavy atom. The quantitative estimate of drug-likeness (QED) is 0.456. The van der Waals surface area contributed by atoms with E-state index in [2.05, 4.69) is 34.0 Å². The van der Waals surface area contributed by atoms with Crippen molar-refractivity contribution in [1.29, 1.82) is 0 Å². The third kappa shape index (κ3) is 6.31. The number of anilines is 1. The number of hydrogen-bond donors (Lipinski definition) is 3. The molecule has 0 radical (unpaired) electrons. The fourth-order valence-electron chi connectivity index (χ4n) is 2.93. The van der Waals surface area contributed by atoms with Gasteiger partial charge in [0.05, 0.1) is 13.2 Å². The molecular weight excluding hydrogens is 330 g/mol. The van der Waals surface area contributed by atoms with Crippen LogP contribution >= 0.6 is 0 Å². The number of fused-ring (bicyclic) bond motifs is 1. The number of nitrogens with one attached hydrogen (secondary N) is 3. The number of carbonyl (C=O) groups is 1. The van der Waals surface area contributed by atoms with Gasteiger partial charge in [-0.05, 0) is 25.6 Å². The lowest BCUT2D eigenvalue weighted by Crippen LogP contribution is -2.41. The summed E-state index contributed by atoms with van der Waals surface area (Å²) in [6.45, 7) is 6.77. The minimum Gasteiger partial charge on any atom is -0.383 e. The topological polar surface area (TPSA) is 78.0 Å². The molecule has 3 N–H and O–H groups in total. The van der Waals surface area contributed by atoms with Crippen LogP contribution in [0, 0.1) is 0 Å². The number of methoxy groups -OCH3 is 1. The lowest BCUT2D eigenvalue weighted by molar-refractivity contribution is -0.116. The molecule has 0 saturated heterocycles. The second-order valence-electron chi connectivity index (χ2n) is 6.48. The van der Waals surface area contributed by atoms with E-state index < -0.39 is 0 Å². The Labute approximate surface area is 156 Å². The first-order valence-corrected chi connectivity index (χ1v) is 9.22. The normalized spacial score (nSPS) is 17.0. The molecule has 1 amide bonds. The molecule has 0 spiro atoms. The minimum absolute atomic E-state index is 0.0571. The molecule has 1 aliphatic heterocycles. The van der Waals surface area contributed by atoms with Crippen LogP contribution in [0.25, 0.3) is 0 Å². The van der Waals surface area contributed by atoms with Gasteiger partial charge in [0.1, 0.15) is 0 Å². The van der Waals surface area contributed by atoms with Gasteiger partial charge in [0, 0.05) is 51.3 Å². The highest BCUT2D eigenvalue weighted by Crippen LogP contribution is 2.31. The number of ether oxygens (including phenoxy) is 1. The van der Waals surface area contributed by atoms with Crippen molar-refractivity contribution in [2.75, 3.05) is 58.8 Å².